The number of nitrogens with one attached hydrogen (secondary N) is 1. The summed E-state index contributed by atoms with van der Waals surface area (Å²) < 4.78 is 11.2. The Morgan fingerprint density at radius 1 is 1.09 bits per heavy atom. The third kappa shape index (κ3) is 7.50. The van der Waals surface area contributed by atoms with Crippen molar-refractivity contribution < 1.29 is 24.2 Å². The van der Waals surface area contributed by atoms with E-state index in [0.717, 1.165) is 31.2 Å². The molecule has 7 nitrogen and oxygen atoms in total. The molecule has 0 aromatic heterocycles. The van der Waals surface area contributed by atoms with Gasteiger partial charge in [-0.3, -0.25) is 9.69 Å². The number of hydrogen-bond donors (Lipinski definition) is 2. The van der Waals surface area contributed by atoms with Crippen molar-refractivity contribution in [3.8, 4) is 11.5 Å². The van der Waals surface area contributed by atoms with Crippen LogP contribution in [0.5, 0.6) is 11.5 Å². The minimum atomic E-state index is -1.40. The molecule has 2 aromatic rings. The van der Waals surface area contributed by atoms with Gasteiger partial charge in [-0.05, 0) is 62.6 Å². The van der Waals surface area contributed by atoms with E-state index in [1.807, 2.05) is 12.1 Å². The molecule has 3 rings (SSSR count). The van der Waals surface area contributed by atoms with Crippen LogP contribution in [0.2, 0.25) is 10.0 Å². The number of carboxylic acid groups (broad SMARTS) is 1. The minimum absolute atomic E-state index is 0.157. The van der Waals surface area contributed by atoms with Crippen LogP contribution in [-0.2, 0) is 16.1 Å². The number of halogens is 2. The monoisotopic (exact) mass is 522 g/mol. The van der Waals surface area contributed by atoms with Crippen LogP contribution in [0.25, 0.3) is 0 Å². The first-order valence-electron chi connectivity index (χ1n) is 11.7. The number of aliphatic carboxylic acids is 1. The lowest BCUT2D eigenvalue weighted by Crippen LogP contribution is -2.41. The number of anilines is 1. The van der Waals surface area contributed by atoms with Crippen LogP contribution < -0.4 is 14.8 Å². The van der Waals surface area contributed by atoms with Gasteiger partial charge in [0.2, 0.25) is 5.91 Å². The van der Waals surface area contributed by atoms with Crippen LogP contribution in [-0.4, -0.2) is 47.2 Å². The van der Waals surface area contributed by atoms with Gasteiger partial charge in [-0.2, -0.15) is 0 Å². The van der Waals surface area contributed by atoms with Gasteiger partial charge in [0.25, 0.3) is 0 Å². The third-order valence-corrected chi connectivity index (χ3v) is 6.68. The summed E-state index contributed by atoms with van der Waals surface area (Å²) in [7, 11) is 1.52. The summed E-state index contributed by atoms with van der Waals surface area (Å²) in [5.41, 5.74) is 0.0587. The molecular formula is C26H32Cl2N2O5. The first-order valence-corrected chi connectivity index (χ1v) is 12.4. The highest BCUT2D eigenvalue weighted by molar-refractivity contribution is 6.36. The van der Waals surface area contributed by atoms with Crippen LogP contribution in [0.1, 0.15) is 51.5 Å². The molecule has 1 amide bonds. The highest BCUT2D eigenvalue weighted by Crippen LogP contribution is 2.33. The average molecular weight is 523 g/mol. The molecule has 0 unspecified atom stereocenters. The van der Waals surface area contributed by atoms with Gasteiger partial charge in [0, 0.05) is 17.6 Å². The van der Waals surface area contributed by atoms with Crippen molar-refractivity contribution in [1.82, 2.24) is 4.90 Å². The number of amides is 1. The van der Waals surface area contributed by atoms with E-state index < -0.39 is 11.6 Å². The predicted octanol–water partition coefficient (Wildman–Crippen LogP) is 6.02. The van der Waals surface area contributed by atoms with Crippen LogP contribution >= 0.6 is 23.2 Å². The molecule has 35 heavy (non-hydrogen) atoms. The molecule has 1 aliphatic carbocycles. The quantitative estimate of drug-likeness (QED) is 0.396. The fourth-order valence-corrected chi connectivity index (χ4v) is 4.63. The Hall–Kier alpha value is -2.48. The van der Waals surface area contributed by atoms with Crippen LogP contribution in [0.3, 0.4) is 0 Å². The third-order valence-electron chi connectivity index (χ3n) is 6.14. The number of hydrogen-bond acceptors (Lipinski definition) is 5. The summed E-state index contributed by atoms with van der Waals surface area (Å²) in [6.45, 7) is 3.71. The molecule has 190 valence electrons. The van der Waals surface area contributed by atoms with Gasteiger partial charge in [0.15, 0.2) is 17.1 Å². The zero-order chi connectivity index (χ0) is 25.6. The van der Waals surface area contributed by atoms with Crippen LogP contribution in [0.15, 0.2) is 36.4 Å². The summed E-state index contributed by atoms with van der Waals surface area (Å²) in [6, 6.07) is 10.7. The standard InChI is InChI=1S/C26H32Cl2N2O5/c1-26(2,25(32)33)35-22-12-9-17(13-23(22)34-3)15-30(19-7-5-4-6-8-19)16-24(31)29-21-11-10-18(27)14-20(21)28/h9-14,19H,4-8,15-16H2,1-3H3,(H,29,31)(H,32,33). The van der Waals surface area contributed by atoms with E-state index in [-0.39, 0.29) is 18.5 Å². The maximum absolute atomic E-state index is 12.9. The van der Waals surface area contributed by atoms with E-state index in [0.29, 0.717) is 33.8 Å². The molecule has 0 aliphatic heterocycles. The Morgan fingerprint density at radius 3 is 2.43 bits per heavy atom. The highest BCUT2D eigenvalue weighted by atomic mass is 35.5. The fourth-order valence-electron chi connectivity index (χ4n) is 4.17. The van der Waals surface area contributed by atoms with Crippen LogP contribution in [0.4, 0.5) is 5.69 Å². The van der Waals surface area contributed by atoms with Crippen LogP contribution in [0, 0.1) is 0 Å². The summed E-state index contributed by atoms with van der Waals surface area (Å²) in [5, 5.41) is 13.2. The Labute approximate surface area is 216 Å². The van der Waals surface area contributed by atoms with E-state index >= 15 is 0 Å². The van der Waals surface area contributed by atoms with Crippen molar-refractivity contribution in [1.29, 1.82) is 0 Å². The van der Waals surface area contributed by atoms with Crippen molar-refractivity contribution in [2.45, 2.75) is 64.1 Å². The molecule has 2 aromatic carbocycles. The maximum Gasteiger partial charge on any atom is 0.347 e. The van der Waals surface area contributed by atoms with Gasteiger partial charge in [-0.15, -0.1) is 0 Å². The molecule has 9 heteroatoms. The highest BCUT2D eigenvalue weighted by Gasteiger charge is 2.31. The van der Waals surface area contributed by atoms with E-state index in [1.165, 1.54) is 27.4 Å². The molecule has 1 fully saturated rings. The number of carbonyl (C=O) groups excluding carboxylic acids is 1. The van der Waals surface area contributed by atoms with Crippen molar-refractivity contribution in [3.63, 3.8) is 0 Å². The second-order valence-corrected chi connectivity index (χ2v) is 10.1. The van der Waals surface area contributed by atoms with Gasteiger partial charge in [0.1, 0.15) is 0 Å². The van der Waals surface area contributed by atoms with Crippen molar-refractivity contribution >= 4 is 40.8 Å². The molecule has 2 N–H and O–H groups in total. The van der Waals surface area contributed by atoms with Crippen molar-refractivity contribution in [2.24, 2.45) is 0 Å². The second-order valence-electron chi connectivity index (χ2n) is 9.27. The average Bonchev–Trinajstić information content (AvgIpc) is 2.81. The van der Waals surface area contributed by atoms with Gasteiger partial charge >= 0.3 is 5.97 Å². The Morgan fingerprint density at radius 2 is 1.80 bits per heavy atom. The maximum atomic E-state index is 12.9. The number of carboxylic acids is 1. The predicted molar refractivity (Wildman–Crippen MR) is 138 cm³/mol. The van der Waals surface area contributed by atoms with E-state index in [4.69, 9.17) is 32.7 Å². The molecule has 0 atom stereocenters. The minimum Gasteiger partial charge on any atom is -0.493 e. The molecule has 1 saturated carbocycles. The lowest BCUT2D eigenvalue weighted by atomic mass is 9.93. The molecule has 0 saturated heterocycles. The topological polar surface area (TPSA) is 88.1 Å². The second kappa shape index (κ2) is 12.0. The fraction of sp³-hybridized carbons (Fsp3) is 0.462. The smallest absolute Gasteiger partial charge is 0.347 e. The van der Waals surface area contributed by atoms with Gasteiger partial charge in [0.05, 0.1) is 24.4 Å². The number of carbonyl (C=O) groups is 2. The number of methoxy groups -OCH3 is 1. The summed E-state index contributed by atoms with van der Waals surface area (Å²) in [5.74, 6) is -0.436. The van der Waals surface area contributed by atoms with Crippen molar-refractivity contribution in [2.75, 3.05) is 19.0 Å². The van der Waals surface area contributed by atoms with E-state index in [9.17, 15) is 14.7 Å². The zero-order valence-corrected chi connectivity index (χ0v) is 21.8. The summed E-state index contributed by atoms with van der Waals surface area (Å²) in [6.07, 6.45) is 5.52. The van der Waals surface area contributed by atoms with Gasteiger partial charge in [-0.1, -0.05) is 48.5 Å². The number of ether oxygens (including phenoxy) is 2. The lowest BCUT2D eigenvalue weighted by Gasteiger charge is -2.34. The molecular weight excluding hydrogens is 491 g/mol. The van der Waals surface area contributed by atoms with E-state index in [2.05, 4.69) is 10.2 Å². The summed E-state index contributed by atoms with van der Waals surface area (Å²) >= 11 is 12.2. The number of benzene rings is 2. The first-order chi connectivity index (χ1) is 16.6. The SMILES string of the molecule is COc1cc(CN(CC(=O)Nc2ccc(Cl)cc2Cl)C2CCCCC2)ccc1OC(C)(C)C(=O)O. The Balaban J connectivity index is 1.77. The Bertz CT molecular complexity index is 1050. The van der Waals surface area contributed by atoms with E-state index in [1.54, 1.807) is 24.3 Å². The Kier molecular flexibility index (Phi) is 9.27. The summed E-state index contributed by atoms with van der Waals surface area (Å²) in [4.78, 5) is 26.6. The molecule has 0 radical (unpaired) electrons. The number of rotatable bonds is 10. The molecule has 1 aliphatic rings. The van der Waals surface area contributed by atoms with Gasteiger partial charge < -0.3 is 19.9 Å². The van der Waals surface area contributed by atoms with Crippen molar-refractivity contribution in [3.05, 3.63) is 52.0 Å². The molecule has 0 bridgehead atoms. The van der Waals surface area contributed by atoms with Gasteiger partial charge in [-0.25, -0.2) is 4.79 Å². The normalized spacial score (nSPS) is 14.6. The first kappa shape index (κ1) is 27.1. The molecule has 0 heterocycles. The zero-order valence-electron chi connectivity index (χ0n) is 20.3. The largest absolute Gasteiger partial charge is 0.493 e. The number of nitrogens with zero attached hydrogens (tertiary/aromatic N) is 1. The lowest BCUT2D eigenvalue weighted by molar-refractivity contribution is -0.152. The molecule has 0 spiro atoms.